The molecule has 0 aromatic carbocycles. The first kappa shape index (κ1) is 64.2. The van der Waals surface area contributed by atoms with Crippen molar-refractivity contribution in [2.75, 3.05) is 102 Å². The van der Waals surface area contributed by atoms with Gasteiger partial charge in [0.25, 0.3) is 16.7 Å². The van der Waals surface area contributed by atoms with Crippen LogP contribution in [0.4, 0.5) is 17.5 Å². The molecule has 486 valence electrons. The summed E-state index contributed by atoms with van der Waals surface area (Å²) < 4.78 is 18.9. The van der Waals surface area contributed by atoms with Gasteiger partial charge in [-0.1, -0.05) is 32.4 Å². The SMILES string of the molecule is C=CCn1c(=O)c2[nH]c(-c3ccc(NCCOC)nc3)nc2n(CC=C)c1=O.CCCn1c(=O)n(C2CC2)c(=O)c2[nH]c(-c3ccc(NCCN4CCCCC4)nc3)nc21.CCCn1c(=O)n(C2CC2)c(=O)c2[nH]c(-c3ccc(NCCN4CCOCC4)nc3)nc21. The van der Waals surface area contributed by atoms with Crippen molar-refractivity contribution in [3.8, 4) is 34.2 Å². The smallest absolute Gasteiger partial charge is 0.333 e. The number of ether oxygens (including phenoxy) is 2. The molecule has 28 heteroatoms. The summed E-state index contributed by atoms with van der Waals surface area (Å²) in [4.78, 5) is 118. The van der Waals surface area contributed by atoms with E-state index >= 15 is 0 Å². The van der Waals surface area contributed by atoms with Crippen molar-refractivity contribution in [2.24, 2.45) is 0 Å². The molecule has 11 heterocycles. The Morgan fingerprint density at radius 3 is 1.34 bits per heavy atom. The average molecular weight is 1260 g/mol. The van der Waals surface area contributed by atoms with E-state index in [1.807, 2.05) is 50.2 Å². The van der Waals surface area contributed by atoms with Crippen LogP contribution in [0.3, 0.4) is 0 Å². The standard InChI is InChI=1S/C23H31N7O2.C22H29N7O3.C19H22N6O3/c1-2-11-29-21-19(22(31)30(23(29)32)17-7-8-17)26-20(27-21)16-6-9-18(25-15-16)24-10-14-28-12-4-3-5-13-28;1-2-8-28-20-18(21(30)29(22(28)31)16-4-5-16)25-19(26-20)15-3-6-17(24-14-15)23-7-9-27-10-12-32-13-11-27;1-4-9-24-17-15(18(26)25(10-5-2)19(24)27)22-16(23-17)13-6-7-14(21-12-13)20-8-11-28-3/h6,9,15,17H,2-5,7-8,10-14H2,1H3,(H,24,25)(H,26,27);3,6,14,16H,2,4-5,7-13H2,1H3,(H,23,24)(H,25,26);4-7,12H,1-2,8-11H2,3H3,(H,20,21)(H,22,23). The third-order valence-electron chi connectivity index (χ3n) is 16.6. The molecule has 4 fully saturated rings. The number of H-pyrrole nitrogens is 3. The molecule has 0 radical (unpaired) electrons. The number of nitrogens with zero attached hydrogens (tertiary/aromatic N) is 14. The number of methoxy groups -OCH3 is 1. The maximum absolute atomic E-state index is 13.0. The summed E-state index contributed by atoms with van der Waals surface area (Å²) >= 11 is 0. The van der Waals surface area contributed by atoms with Gasteiger partial charge in [0, 0.05) is 126 Å². The Morgan fingerprint density at radius 2 is 0.935 bits per heavy atom. The third kappa shape index (κ3) is 14.5. The number of morpholine rings is 1. The number of likely N-dealkylation sites (tertiary alicyclic amines) is 1. The van der Waals surface area contributed by atoms with Crippen molar-refractivity contribution >= 4 is 50.9 Å². The zero-order valence-electron chi connectivity index (χ0n) is 52.6. The Hall–Kier alpha value is -9.38. The van der Waals surface area contributed by atoms with Crippen molar-refractivity contribution in [2.45, 2.75) is 110 Å². The molecule has 0 unspecified atom stereocenters. The van der Waals surface area contributed by atoms with Gasteiger partial charge in [-0.2, -0.15) is 0 Å². The van der Waals surface area contributed by atoms with E-state index < -0.39 is 11.2 Å². The number of allylic oxidation sites excluding steroid dienone is 2. The molecular weight excluding hydrogens is 1180 g/mol. The summed E-state index contributed by atoms with van der Waals surface area (Å²) in [6, 6.07) is 11.4. The minimum Gasteiger partial charge on any atom is -0.383 e. The van der Waals surface area contributed by atoms with Gasteiger partial charge < -0.3 is 45.3 Å². The Morgan fingerprint density at radius 1 is 0.522 bits per heavy atom. The van der Waals surface area contributed by atoms with Gasteiger partial charge in [0.05, 0.1) is 19.8 Å². The van der Waals surface area contributed by atoms with Crippen molar-refractivity contribution in [1.82, 2.24) is 82.1 Å². The van der Waals surface area contributed by atoms with Gasteiger partial charge in [0.1, 0.15) is 51.5 Å². The molecule has 2 saturated carbocycles. The van der Waals surface area contributed by atoms with Crippen molar-refractivity contribution in [3.05, 3.63) is 143 Å². The van der Waals surface area contributed by atoms with Crippen LogP contribution in [0.5, 0.6) is 0 Å². The van der Waals surface area contributed by atoms with E-state index in [0.29, 0.717) is 77.4 Å². The molecule has 0 spiro atoms. The molecule has 2 aliphatic carbocycles. The van der Waals surface area contributed by atoms with Gasteiger partial charge in [-0.3, -0.25) is 46.7 Å². The number of aryl methyl sites for hydroxylation is 2. The van der Waals surface area contributed by atoms with Gasteiger partial charge in [0.15, 0.2) is 16.9 Å². The predicted molar refractivity (Wildman–Crippen MR) is 356 cm³/mol. The number of nitrogens with one attached hydrogen (secondary N) is 6. The fourth-order valence-electron chi connectivity index (χ4n) is 11.5. The normalized spacial score (nSPS) is 15.2. The van der Waals surface area contributed by atoms with Crippen LogP contribution in [-0.2, 0) is 35.7 Å². The van der Waals surface area contributed by atoms with Gasteiger partial charge in [-0.25, -0.2) is 44.3 Å². The summed E-state index contributed by atoms with van der Waals surface area (Å²) in [7, 11) is 1.63. The molecule has 0 amide bonds. The second kappa shape index (κ2) is 29.7. The van der Waals surface area contributed by atoms with E-state index in [-0.39, 0.29) is 58.8 Å². The Labute approximate surface area is 529 Å². The van der Waals surface area contributed by atoms with Crippen LogP contribution in [0.25, 0.3) is 67.7 Å². The maximum atomic E-state index is 13.0. The largest absolute Gasteiger partial charge is 0.383 e. The summed E-state index contributed by atoms with van der Waals surface area (Å²) in [5.74, 6) is 3.87. The minimum atomic E-state index is -0.453. The number of pyridine rings is 3. The zero-order valence-corrected chi connectivity index (χ0v) is 52.6. The number of hydrogen-bond acceptors (Lipinski definition) is 19. The van der Waals surface area contributed by atoms with Crippen molar-refractivity contribution < 1.29 is 9.47 Å². The van der Waals surface area contributed by atoms with E-state index in [1.54, 1.807) is 40.9 Å². The minimum absolute atomic E-state index is 0.0127. The molecular formula is C64H82N20O8. The van der Waals surface area contributed by atoms with Crippen LogP contribution in [0.1, 0.15) is 83.7 Å². The monoisotopic (exact) mass is 1260 g/mol. The molecule has 2 aliphatic heterocycles. The fraction of sp³-hybridized carbons (Fsp3) is 0.469. The number of aromatic nitrogens is 15. The number of fused-ring (bicyclic) bond motifs is 3. The van der Waals surface area contributed by atoms with E-state index in [1.165, 1.54) is 52.1 Å². The van der Waals surface area contributed by atoms with E-state index in [4.69, 9.17) is 9.47 Å². The number of anilines is 3. The third-order valence-corrected chi connectivity index (χ3v) is 16.6. The highest BCUT2D eigenvalue weighted by Crippen LogP contribution is 2.34. The molecule has 0 bridgehead atoms. The second-order valence-electron chi connectivity index (χ2n) is 23.3. The first-order valence-electron chi connectivity index (χ1n) is 32.0. The van der Waals surface area contributed by atoms with Crippen LogP contribution in [-0.4, -0.2) is 168 Å². The number of piperidine rings is 1. The summed E-state index contributed by atoms with van der Waals surface area (Å²) in [6.07, 6.45) is 17.2. The van der Waals surface area contributed by atoms with E-state index in [2.05, 4.69) is 83.8 Å². The molecule has 92 heavy (non-hydrogen) atoms. The van der Waals surface area contributed by atoms with Crippen molar-refractivity contribution in [3.63, 3.8) is 0 Å². The predicted octanol–water partition coefficient (Wildman–Crippen LogP) is 5.41. The first-order chi connectivity index (χ1) is 44.9. The van der Waals surface area contributed by atoms with E-state index in [9.17, 15) is 28.8 Å². The molecule has 6 N–H and O–H groups in total. The highest BCUT2D eigenvalue weighted by atomic mass is 16.5. The lowest BCUT2D eigenvalue weighted by Gasteiger charge is -2.26. The quantitative estimate of drug-likeness (QED) is 0.0308. The van der Waals surface area contributed by atoms with Crippen molar-refractivity contribution in [1.29, 1.82) is 0 Å². The van der Waals surface area contributed by atoms with Gasteiger partial charge >= 0.3 is 17.1 Å². The van der Waals surface area contributed by atoms with Crippen LogP contribution >= 0.6 is 0 Å². The summed E-state index contributed by atoms with van der Waals surface area (Å²) in [6.45, 7) is 23.4. The number of rotatable bonds is 25. The molecule has 9 aromatic heterocycles. The van der Waals surface area contributed by atoms with E-state index in [0.717, 1.165) is 118 Å². The lowest BCUT2D eigenvalue weighted by molar-refractivity contribution is 0.0398. The average Bonchev–Trinajstić information content (AvgIpc) is 1.58. The Bertz CT molecular complexity index is 4210. The lowest BCUT2D eigenvalue weighted by atomic mass is 10.1. The molecule has 13 rings (SSSR count). The fourth-order valence-corrected chi connectivity index (χ4v) is 11.5. The molecule has 4 aliphatic rings. The van der Waals surface area contributed by atoms with Crippen LogP contribution < -0.4 is 49.7 Å². The Balaban J connectivity index is 0.000000142. The number of aromatic amines is 3. The summed E-state index contributed by atoms with van der Waals surface area (Å²) in [5, 5.41) is 9.86. The van der Waals surface area contributed by atoms with Crippen LogP contribution in [0.15, 0.2) is 109 Å². The topological polar surface area (TPSA) is 318 Å². The number of imidazole rings is 3. The highest BCUT2D eigenvalue weighted by molar-refractivity contribution is 5.78. The maximum Gasteiger partial charge on any atom is 0.333 e. The number of hydrogen-bond donors (Lipinski definition) is 6. The molecule has 2 saturated heterocycles. The van der Waals surface area contributed by atoms with Gasteiger partial charge in [0.2, 0.25) is 0 Å². The van der Waals surface area contributed by atoms with Crippen LogP contribution in [0.2, 0.25) is 0 Å². The van der Waals surface area contributed by atoms with Crippen LogP contribution in [0, 0.1) is 0 Å². The lowest BCUT2D eigenvalue weighted by Crippen LogP contribution is -2.39. The van der Waals surface area contributed by atoms with Gasteiger partial charge in [-0.05, 0) is 101 Å². The second-order valence-corrected chi connectivity index (χ2v) is 23.3. The summed E-state index contributed by atoms with van der Waals surface area (Å²) in [5.41, 5.74) is 2.44. The first-order valence-corrected chi connectivity index (χ1v) is 32.0. The van der Waals surface area contributed by atoms with Gasteiger partial charge in [-0.15, -0.1) is 13.2 Å². The highest BCUT2D eigenvalue weighted by Gasteiger charge is 2.32. The zero-order chi connectivity index (χ0) is 64.3. The molecule has 9 aromatic rings. The Kier molecular flexibility index (Phi) is 20.7. The molecule has 0 atom stereocenters. The molecule has 28 nitrogen and oxygen atoms in total.